The van der Waals surface area contributed by atoms with Crippen LogP contribution >= 0.6 is 0 Å². The van der Waals surface area contributed by atoms with Gasteiger partial charge in [-0.1, -0.05) is 60.7 Å². The largest absolute Gasteiger partial charge is 0.453 e. The molecule has 4 saturated heterocycles. The molecule has 4 amide bonds. The standard InChI is InChI=1S/C49H56F2N10O5/c1-58-21-9-18-40(58)46(62)56-41(31-12-5-3-6-13-31)47(63)60-22-10-16-38(60)44-52-28-36(54-44)30-19-24-59(25-20-30)43-34(50)26-33(27-35(43)51)37-29-53-45(55-37)39-17-11-23-61(39)48(64)42(57-49(65)66-2)32-14-7-4-8-15-32/h3-8,12-15,26-30,38-42H,9-11,16-25H2,1-2H3,(H,52,54)(H,53,55)(H,56,62)(H,57,65). The average Bonchev–Trinajstić information content (AvgIpc) is 4.20. The van der Waals surface area contributed by atoms with Crippen molar-refractivity contribution in [3.63, 3.8) is 0 Å². The Morgan fingerprint density at radius 2 is 1.24 bits per heavy atom. The van der Waals surface area contributed by atoms with Crippen LogP contribution in [0.1, 0.15) is 110 Å². The van der Waals surface area contributed by atoms with Gasteiger partial charge >= 0.3 is 6.09 Å². The summed E-state index contributed by atoms with van der Waals surface area (Å²) in [5.41, 5.74) is 2.88. The first kappa shape index (κ1) is 44.6. The van der Waals surface area contributed by atoms with E-state index in [0.717, 1.165) is 43.5 Å². The molecule has 346 valence electrons. The minimum atomic E-state index is -0.976. The van der Waals surface area contributed by atoms with E-state index in [1.54, 1.807) is 34.1 Å². The van der Waals surface area contributed by atoms with Crippen LogP contribution in [0.25, 0.3) is 11.3 Å². The van der Waals surface area contributed by atoms with Gasteiger partial charge in [-0.25, -0.2) is 23.5 Å². The van der Waals surface area contributed by atoms with E-state index >= 15 is 8.78 Å². The molecule has 5 atom stereocenters. The highest BCUT2D eigenvalue weighted by Crippen LogP contribution is 2.39. The summed E-state index contributed by atoms with van der Waals surface area (Å²) < 4.78 is 36.8. The number of rotatable bonds is 12. The number of likely N-dealkylation sites (tertiary alicyclic amines) is 3. The minimum absolute atomic E-state index is 0.0721. The van der Waals surface area contributed by atoms with Gasteiger partial charge in [0.1, 0.15) is 41.1 Å². The van der Waals surface area contributed by atoms with Crippen molar-refractivity contribution in [1.82, 2.24) is 45.3 Å². The lowest BCUT2D eigenvalue weighted by atomic mass is 9.93. The third-order valence-electron chi connectivity index (χ3n) is 13.8. The number of methoxy groups -OCH3 is 1. The van der Waals surface area contributed by atoms with Crippen molar-refractivity contribution in [1.29, 1.82) is 0 Å². The van der Waals surface area contributed by atoms with Crippen LogP contribution in [0.3, 0.4) is 0 Å². The van der Waals surface area contributed by atoms with E-state index in [9.17, 15) is 19.2 Å². The molecule has 4 fully saturated rings. The van der Waals surface area contributed by atoms with Gasteiger partial charge < -0.3 is 40.0 Å². The van der Waals surface area contributed by atoms with Crippen molar-refractivity contribution < 1.29 is 32.7 Å². The topological polar surface area (TPSA) is 172 Å². The average molecular weight is 903 g/mol. The predicted molar refractivity (Wildman–Crippen MR) is 242 cm³/mol. The third kappa shape index (κ3) is 9.13. The lowest BCUT2D eigenvalue weighted by Gasteiger charge is -2.33. The zero-order chi connectivity index (χ0) is 45.9. The monoisotopic (exact) mass is 902 g/mol. The summed E-state index contributed by atoms with van der Waals surface area (Å²) in [4.78, 5) is 77.3. The van der Waals surface area contributed by atoms with Crippen LogP contribution in [0.15, 0.2) is 85.2 Å². The Bertz CT molecular complexity index is 2510. The number of aromatic nitrogens is 4. The molecule has 2 aromatic heterocycles. The number of H-pyrrole nitrogens is 2. The van der Waals surface area contributed by atoms with E-state index in [1.807, 2.05) is 59.4 Å². The highest BCUT2D eigenvalue weighted by molar-refractivity contribution is 5.91. The van der Waals surface area contributed by atoms with Crippen LogP contribution in [-0.4, -0.2) is 111 Å². The number of imidazole rings is 2. The van der Waals surface area contributed by atoms with Gasteiger partial charge in [-0.05, 0) is 88.2 Å². The Morgan fingerprint density at radius 1 is 0.697 bits per heavy atom. The first-order valence-corrected chi connectivity index (χ1v) is 23.0. The Kier molecular flexibility index (Phi) is 13.1. The van der Waals surface area contributed by atoms with Gasteiger partial charge in [0.15, 0.2) is 0 Å². The van der Waals surface area contributed by atoms with Crippen molar-refractivity contribution >= 4 is 29.5 Å². The molecular weight excluding hydrogens is 847 g/mol. The lowest BCUT2D eigenvalue weighted by Crippen LogP contribution is -2.48. The maximum absolute atomic E-state index is 16.0. The van der Waals surface area contributed by atoms with Crippen molar-refractivity contribution in [3.8, 4) is 11.3 Å². The summed E-state index contributed by atoms with van der Waals surface area (Å²) in [6.07, 6.45) is 8.42. The van der Waals surface area contributed by atoms with Gasteiger partial charge in [0, 0.05) is 49.6 Å². The fourth-order valence-corrected chi connectivity index (χ4v) is 10.3. The van der Waals surface area contributed by atoms with E-state index in [0.29, 0.717) is 74.8 Å². The molecule has 0 saturated carbocycles. The number of benzene rings is 3. The van der Waals surface area contributed by atoms with Gasteiger partial charge in [0.25, 0.3) is 5.91 Å². The number of halogens is 2. The molecule has 6 heterocycles. The van der Waals surface area contributed by atoms with Crippen LogP contribution in [0.4, 0.5) is 19.3 Å². The molecule has 4 aliphatic heterocycles. The second-order valence-electron chi connectivity index (χ2n) is 17.8. The van der Waals surface area contributed by atoms with Crippen molar-refractivity contribution in [3.05, 3.63) is 125 Å². The molecule has 3 aromatic carbocycles. The normalized spacial score (nSPS) is 21.2. The number of carbonyl (C=O) groups excluding carboxylic acids is 4. The van der Waals surface area contributed by atoms with E-state index in [-0.39, 0.29) is 47.0 Å². The molecule has 9 rings (SSSR count). The molecular formula is C49H56F2N10O5. The molecule has 4 aliphatic rings. The fourth-order valence-electron chi connectivity index (χ4n) is 10.3. The molecule has 66 heavy (non-hydrogen) atoms. The zero-order valence-corrected chi connectivity index (χ0v) is 37.2. The second-order valence-corrected chi connectivity index (χ2v) is 17.8. The summed E-state index contributed by atoms with van der Waals surface area (Å²) in [7, 11) is 3.18. The molecule has 0 spiro atoms. The molecule has 15 nitrogen and oxygen atoms in total. The number of hydrogen-bond acceptors (Lipinski definition) is 9. The Morgan fingerprint density at radius 3 is 1.80 bits per heavy atom. The first-order chi connectivity index (χ1) is 32.1. The number of amides is 4. The van der Waals surface area contributed by atoms with Crippen LogP contribution < -0.4 is 15.5 Å². The summed E-state index contributed by atoms with van der Waals surface area (Å²) in [6.45, 7) is 2.67. The van der Waals surface area contributed by atoms with Crippen molar-refractivity contribution in [2.24, 2.45) is 0 Å². The molecule has 0 radical (unpaired) electrons. The van der Waals surface area contributed by atoms with Crippen molar-refractivity contribution in [2.45, 2.75) is 87.5 Å². The van der Waals surface area contributed by atoms with E-state index in [1.165, 1.54) is 25.4 Å². The van der Waals surface area contributed by atoms with Crippen LogP contribution in [0, 0.1) is 11.6 Å². The summed E-state index contributed by atoms with van der Waals surface area (Å²) >= 11 is 0. The molecule has 5 unspecified atom stereocenters. The molecule has 4 N–H and O–H groups in total. The minimum Gasteiger partial charge on any atom is -0.453 e. The number of ether oxygens (including phenoxy) is 1. The molecule has 0 bridgehead atoms. The summed E-state index contributed by atoms with van der Waals surface area (Å²) in [5, 5.41) is 5.74. The second kappa shape index (κ2) is 19.5. The highest BCUT2D eigenvalue weighted by atomic mass is 19.1. The maximum atomic E-state index is 16.0. The number of hydrogen-bond donors (Lipinski definition) is 4. The number of piperidine rings is 1. The predicted octanol–water partition coefficient (Wildman–Crippen LogP) is 6.84. The van der Waals surface area contributed by atoms with Gasteiger partial charge in [-0.15, -0.1) is 0 Å². The molecule has 0 aliphatic carbocycles. The molecule has 5 aromatic rings. The number of nitrogens with zero attached hydrogens (tertiary/aromatic N) is 6. The third-order valence-corrected chi connectivity index (χ3v) is 13.8. The number of nitrogens with one attached hydrogen (secondary N) is 4. The maximum Gasteiger partial charge on any atom is 0.407 e. The quantitative estimate of drug-likeness (QED) is 0.105. The number of anilines is 1. The lowest BCUT2D eigenvalue weighted by molar-refractivity contribution is -0.138. The van der Waals surface area contributed by atoms with Crippen LogP contribution in [0.5, 0.6) is 0 Å². The number of aromatic amines is 2. The van der Waals surface area contributed by atoms with E-state index in [4.69, 9.17) is 9.72 Å². The van der Waals surface area contributed by atoms with Gasteiger partial charge in [0.2, 0.25) is 11.8 Å². The Balaban J connectivity index is 0.840. The molecule has 17 heteroatoms. The van der Waals surface area contributed by atoms with Crippen molar-refractivity contribution in [2.75, 3.05) is 51.8 Å². The van der Waals surface area contributed by atoms with Crippen LogP contribution in [-0.2, 0) is 19.1 Å². The van der Waals surface area contributed by atoms with Crippen LogP contribution in [0.2, 0.25) is 0 Å². The summed E-state index contributed by atoms with van der Waals surface area (Å²) in [6, 6.07) is 18.1. The number of carbonyl (C=O) groups is 4. The van der Waals surface area contributed by atoms with Gasteiger partial charge in [0.05, 0.1) is 37.1 Å². The Labute approximate surface area is 382 Å². The van der Waals surface area contributed by atoms with Gasteiger partial charge in [-0.2, -0.15) is 0 Å². The first-order valence-electron chi connectivity index (χ1n) is 23.0. The highest BCUT2D eigenvalue weighted by Gasteiger charge is 2.40. The zero-order valence-electron chi connectivity index (χ0n) is 37.2. The van der Waals surface area contributed by atoms with Gasteiger partial charge in [-0.3, -0.25) is 19.3 Å². The smallest absolute Gasteiger partial charge is 0.407 e. The number of likely N-dealkylation sites (N-methyl/N-ethyl adjacent to an activating group) is 1. The fraction of sp³-hybridized carbons (Fsp3) is 0.429. The Hall–Kier alpha value is -6.62. The summed E-state index contributed by atoms with van der Waals surface area (Å²) in [5.74, 6) is -0.753. The number of alkyl carbamates (subject to hydrolysis) is 1. The van der Waals surface area contributed by atoms with E-state index < -0.39 is 35.9 Å². The van der Waals surface area contributed by atoms with E-state index in [2.05, 4.69) is 25.6 Å². The SMILES string of the molecule is COC(=O)NC(C(=O)N1CCCC1c1ncc(-c2cc(F)c(N3CCC(c4cnc(C5CCCN5C(=O)C(NC(=O)C5CCCN5C)c5ccccc5)[nH]4)CC3)c(F)c2)[nH]1)c1ccccc1.